The molecule has 0 bridgehead atoms. The van der Waals surface area contributed by atoms with Gasteiger partial charge < -0.3 is 10.1 Å². The van der Waals surface area contributed by atoms with Gasteiger partial charge in [0.1, 0.15) is 11.4 Å². The smallest absolute Gasteiger partial charge is 0.416 e. The zero-order chi connectivity index (χ0) is 18.6. The normalized spacial score (nSPS) is 16.9. The Labute approximate surface area is 152 Å². The van der Waals surface area contributed by atoms with Crippen LogP contribution in [0.4, 0.5) is 13.2 Å². The first-order valence-corrected chi connectivity index (χ1v) is 8.99. The fourth-order valence-corrected chi connectivity index (χ4v) is 3.00. The first kappa shape index (κ1) is 18.8. The van der Waals surface area contributed by atoms with Crippen LogP contribution in [-0.4, -0.2) is 13.1 Å². The SMILES string of the molecule is CC(CCNCC1CC1)(Oc1cccc(C(F)(F)F)c1)c1ccccc1. The van der Waals surface area contributed by atoms with E-state index in [0.29, 0.717) is 6.42 Å². The quantitative estimate of drug-likeness (QED) is 0.635. The van der Waals surface area contributed by atoms with Gasteiger partial charge in [0.15, 0.2) is 0 Å². The second-order valence-electron chi connectivity index (χ2n) is 7.12. The van der Waals surface area contributed by atoms with Crippen LogP contribution in [-0.2, 0) is 11.8 Å². The minimum Gasteiger partial charge on any atom is -0.483 e. The van der Waals surface area contributed by atoms with Crippen LogP contribution >= 0.6 is 0 Å². The van der Waals surface area contributed by atoms with Crippen molar-refractivity contribution in [1.82, 2.24) is 5.32 Å². The molecule has 1 unspecified atom stereocenters. The largest absolute Gasteiger partial charge is 0.483 e. The van der Waals surface area contributed by atoms with Crippen molar-refractivity contribution in [3.63, 3.8) is 0 Å². The number of ether oxygens (including phenoxy) is 1. The predicted molar refractivity (Wildman–Crippen MR) is 96.1 cm³/mol. The molecule has 0 amide bonds. The van der Waals surface area contributed by atoms with Gasteiger partial charge in [0.25, 0.3) is 0 Å². The summed E-state index contributed by atoms with van der Waals surface area (Å²) in [6.07, 6.45) is -1.15. The number of alkyl halides is 3. The molecule has 1 N–H and O–H groups in total. The molecule has 1 saturated carbocycles. The molecule has 0 aliphatic heterocycles. The average Bonchev–Trinajstić information content (AvgIpc) is 3.43. The predicted octanol–water partition coefficient (Wildman–Crippen LogP) is 5.39. The first-order chi connectivity index (χ1) is 12.4. The van der Waals surface area contributed by atoms with Crippen molar-refractivity contribution < 1.29 is 17.9 Å². The minimum absolute atomic E-state index is 0.230. The Morgan fingerprint density at radius 2 is 1.69 bits per heavy atom. The molecule has 1 aliphatic carbocycles. The average molecular weight is 363 g/mol. The Hall–Kier alpha value is -2.01. The minimum atomic E-state index is -4.38. The highest BCUT2D eigenvalue weighted by Gasteiger charge is 2.33. The van der Waals surface area contributed by atoms with E-state index in [1.165, 1.54) is 18.9 Å². The zero-order valence-corrected chi connectivity index (χ0v) is 14.9. The van der Waals surface area contributed by atoms with E-state index in [-0.39, 0.29) is 5.75 Å². The van der Waals surface area contributed by atoms with Gasteiger partial charge in [0.2, 0.25) is 0 Å². The zero-order valence-electron chi connectivity index (χ0n) is 14.9. The monoisotopic (exact) mass is 363 g/mol. The fraction of sp³-hybridized carbons (Fsp3) is 0.429. The van der Waals surface area contributed by atoms with Gasteiger partial charge in [-0.3, -0.25) is 0 Å². The lowest BCUT2D eigenvalue weighted by Crippen LogP contribution is -2.34. The molecule has 2 aromatic carbocycles. The Morgan fingerprint density at radius 1 is 1.00 bits per heavy atom. The van der Waals surface area contributed by atoms with Gasteiger partial charge in [-0.05, 0) is 62.5 Å². The highest BCUT2D eigenvalue weighted by atomic mass is 19.4. The van der Waals surface area contributed by atoms with Crippen molar-refractivity contribution in [3.8, 4) is 5.75 Å². The van der Waals surface area contributed by atoms with Crippen LogP contribution < -0.4 is 10.1 Å². The van der Waals surface area contributed by atoms with Gasteiger partial charge in [0, 0.05) is 6.42 Å². The molecule has 0 radical (unpaired) electrons. The summed E-state index contributed by atoms with van der Waals surface area (Å²) in [6.45, 7) is 3.68. The Morgan fingerprint density at radius 3 is 2.35 bits per heavy atom. The van der Waals surface area contributed by atoms with Gasteiger partial charge in [-0.15, -0.1) is 0 Å². The summed E-state index contributed by atoms with van der Waals surface area (Å²) in [5, 5.41) is 3.43. The third-order valence-corrected chi connectivity index (χ3v) is 4.80. The molecular formula is C21H24F3NO. The number of rotatable bonds is 8. The van der Waals surface area contributed by atoms with Gasteiger partial charge in [0.05, 0.1) is 5.56 Å². The number of halogens is 3. The molecule has 26 heavy (non-hydrogen) atoms. The topological polar surface area (TPSA) is 21.3 Å². The lowest BCUT2D eigenvalue weighted by molar-refractivity contribution is -0.137. The molecular weight excluding hydrogens is 339 g/mol. The Kier molecular flexibility index (Phi) is 5.56. The molecule has 2 nitrogen and oxygen atoms in total. The van der Waals surface area contributed by atoms with Gasteiger partial charge in [-0.1, -0.05) is 36.4 Å². The van der Waals surface area contributed by atoms with Gasteiger partial charge in [-0.25, -0.2) is 0 Å². The standard InChI is InChI=1S/C21H24F3NO/c1-20(17-6-3-2-4-7-17,12-13-25-15-16-10-11-16)26-19-9-5-8-18(14-19)21(22,23)24/h2-9,14,16,25H,10-13,15H2,1H3. The van der Waals surface area contributed by atoms with Crippen molar-refractivity contribution in [2.45, 2.75) is 38.0 Å². The van der Waals surface area contributed by atoms with E-state index in [1.54, 1.807) is 6.07 Å². The van der Waals surface area contributed by atoms with Crippen molar-refractivity contribution in [3.05, 3.63) is 65.7 Å². The van der Waals surface area contributed by atoms with Crippen molar-refractivity contribution in [2.75, 3.05) is 13.1 Å². The van der Waals surface area contributed by atoms with E-state index in [4.69, 9.17) is 4.74 Å². The van der Waals surface area contributed by atoms with Crippen LogP contribution in [0.3, 0.4) is 0 Å². The summed E-state index contributed by atoms with van der Waals surface area (Å²) >= 11 is 0. The highest BCUT2D eigenvalue weighted by Crippen LogP contribution is 2.35. The fourth-order valence-electron chi connectivity index (χ4n) is 3.00. The maximum absolute atomic E-state index is 13.0. The molecule has 0 aromatic heterocycles. The summed E-state index contributed by atoms with van der Waals surface area (Å²) in [4.78, 5) is 0. The number of hydrogen-bond donors (Lipinski definition) is 1. The van der Waals surface area contributed by atoms with E-state index in [0.717, 1.165) is 36.7 Å². The number of hydrogen-bond acceptors (Lipinski definition) is 2. The second kappa shape index (κ2) is 7.70. The van der Waals surface area contributed by atoms with Crippen molar-refractivity contribution >= 4 is 0 Å². The summed E-state index contributed by atoms with van der Waals surface area (Å²) in [5.41, 5.74) is -0.454. The summed E-state index contributed by atoms with van der Waals surface area (Å²) in [6, 6.07) is 14.7. The first-order valence-electron chi connectivity index (χ1n) is 8.99. The molecule has 140 valence electrons. The van der Waals surface area contributed by atoms with E-state index in [9.17, 15) is 13.2 Å². The summed E-state index contributed by atoms with van der Waals surface area (Å²) < 4.78 is 45.1. The maximum atomic E-state index is 13.0. The third kappa shape index (κ3) is 5.01. The van der Waals surface area contributed by atoms with Crippen molar-refractivity contribution in [2.24, 2.45) is 5.92 Å². The molecule has 0 spiro atoms. The van der Waals surface area contributed by atoms with Crippen LogP contribution in [0.25, 0.3) is 0 Å². The molecule has 0 heterocycles. The van der Waals surface area contributed by atoms with Crippen LogP contribution in [0.2, 0.25) is 0 Å². The number of benzene rings is 2. The molecule has 1 atom stereocenters. The third-order valence-electron chi connectivity index (χ3n) is 4.80. The van der Waals surface area contributed by atoms with E-state index < -0.39 is 17.3 Å². The Balaban J connectivity index is 1.76. The van der Waals surface area contributed by atoms with Crippen LogP contribution in [0.15, 0.2) is 54.6 Å². The van der Waals surface area contributed by atoms with Crippen LogP contribution in [0, 0.1) is 5.92 Å². The molecule has 1 aliphatic rings. The summed E-state index contributed by atoms with van der Waals surface area (Å²) in [5.74, 6) is 1.01. The van der Waals surface area contributed by atoms with E-state index >= 15 is 0 Å². The lowest BCUT2D eigenvalue weighted by Gasteiger charge is -2.32. The second-order valence-corrected chi connectivity index (χ2v) is 7.12. The van der Waals surface area contributed by atoms with E-state index in [1.807, 2.05) is 37.3 Å². The molecule has 3 rings (SSSR count). The summed E-state index contributed by atoms with van der Waals surface area (Å²) in [7, 11) is 0. The van der Waals surface area contributed by atoms with E-state index in [2.05, 4.69) is 5.32 Å². The maximum Gasteiger partial charge on any atom is 0.416 e. The van der Waals surface area contributed by atoms with Crippen molar-refractivity contribution in [1.29, 1.82) is 0 Å². The number of nitrogens with one attached hydrogen (secondary N) is 1. The molecule has 1 fully saturated rings. The molecule has 2 aromatic rings. The van der Waals surface area contributed by atoms with Gasteiger partial charge in [-0.2, -0.15) is 13.2 Å². The molecule has 5 heteroatoms. The lowest BCUT2D eigenvalue weighted by atomic mass is 9.92. The van der Waals surface area contributed by atoms with Gasteiger partial charge >= 0.3 is 6.18 Å². The van der Waals surface area contributed by atoms with Crippen LogP contribution in [0.5, 0.6) is 5.75 Å². The van der Waals surface area contributed by atoms with Crippen LogP contribution in [0.1, 0.15) is 37.3 Å². The Bertz CT molecular complexity index is 713. The molecule has 0 saturated heterocycles. The highest BCUT2D eigenvalue weighted by molar-refractivity contribution is 5.32.